The highest BCUT2D eigenvalue weighted by Gasteiger charge is 2.33. The Kier molecular flexibility index (Phi) is 8.34. The molecule has 1 aromatic heterocycles. The van der Waals surface area contributed by atoms with Crippen LogP contribution >= 0.6 is 27.3 Å². The summed E-state index contributed by atoms with van der Waals surface area (Å²) in [6.45, 7) is 7.97. The first-order valence-electron chi connectivity index (χ1n) is 12.0. The van der Waals surface area contributed by atoms with Crippen molar-refractivity contribution in [2.45, 2.75) is 46.3 Å². The molecule has 1 atom stereocenters. The molecule has 7 nitrogen and oxygen atoms in total. The van der Waals surface area contributed by atoms with Gasteiger partial charge in [-0.05, 0) is 72.5 Å². The number of thiazole rings is 1. The van der Waals surface area contributed by atoms with Crippen LogP contribution in [0.5, 0.6) is 11.5 Å². The molecule has 2 heterocycles. The molecule has 37 heavy (non-hydrogen) atoms. The van der Waals surface area contributed by atoms with E-state index in [2.05, 4.69) is 20.9 Å². The molecule has 0 saturated carbocycles. The Labute approximate surface area is 227 Å². The second-order valence-electron chi connectivity index (χ2n) is 8.83. The number of hydrogen-bond donors (Lipinski definition) is 0. The minimum atomic E-state index is -0.642. The summed E-state index contributed by atoms with van der Waals surface area (Å²) >= 11 is 4.85. The van der Waals surface area contributed by atoms with Gasteiger partial charge in [-0.2, -0.15) is 0 Å². The van der Waals surface area contributed by atoms with E-state index in [1.807, 2.05) is 49.4 Å². The van der Waals surface area contributed by atoms with Gasteiger partial charge in [-0.3, -0.25) is 9.36 Å². The van der Waals surface area contributed by atoms with Gasteiger partial charge >= 0.3 is 5.97 Å². The Morgan fingerprint density at radius 3 is 2.62 bits per heavy atom. The van der Waals surface area contributed by atoms with Gasteiger partial charge in [0.05, 0.1) is 46.1 Å². The average Bonchev–Trinajstić information content (AvgIpc) is 3.16. The van der Waals surface area contributed by atoms with E-state index in [9.17, 15) is 9.59 Å². The fourth-order valence-electron chi connectivity index (χ4n) is 4.13. The molecule has 9 heteroatoms. The maximum Gasteiger partial charge on any atom is 0.338 e. The van der Waals surface area contributed by atoms with Gasteiger partial charge in [0.15, 0.2) is 16.3 Å². The van der Waals surface area contributed by atoms with Crippen LogP contribution in [0.3, 0.4) is 0 Å². The maximum atomic E-state index is 13.8. The lowest BCUT2D eigenvalue weighted by atomic mass is 9.96. The van der Waals surface area contributed by atoms with Gasteiger partial charge < -0.3 is 14.2 Å². The highest BCUT2D eigenvalue weighted by molar-refractivity contribution is 9.10. The predicted molar refractivity (Wildman–Crippen MR) is 148 cm³/mol. The largest absolute Gasteiger partial charge is 0.493 e. The van der Waals surface area contributed by atoms with Crippen molar-refractivity contribution in [2.75, 3.05) is 13.7 Å². The fourth-order valence-corrected chi connectivity index (χ4v) is 5.75. The number of allylic oxidation sites excluding steroid dienone is 1. The van der Waals surface area contributed by atoms with Gasteiger partial charge in [0.2, 0.25) is 0 Å². The number of nitrogens with zero attached hydrogens (tertiary/aromatic N) is 2. The number of esters is 1. The van der Waals surface area contributed by atoms with Crippen molar-refractivity contribution >= 4 is 39.3 Å². The molecule has 1 aliphatic heterocycles. The first-order chi connectivity index (χ1) is 17.7. The number of benzene rings is 2. The van der Waals surface area contributed by atoms with Crippen LogP contribution in [0.15, 0.2) is 68.0 Å². The third-order valence-electron chi connectivity index (χ3n) is 5.70. The fraction of sp³-hybridized carbons (Fsp3) is 0.321. The van der Waals surface area contributed by atoms with Crippen LogP contribution in [0.1, 0.15) is 51.3 Å². The second kappa shape index (κ2) is 11.5. The number of aromatic nitrogens is 1. The monoisotopic (exact) mass is 584 g/mol. The molecule has 0 radical (unpaired) electrons. The molecule has 0 N–H and O–H groups in total. The number of methoxy groups -OCH3 is 1. The molecule has 0 bridgehead atoms. The Balaban J connectivity index is 1.88. The highest BCUT2D eigenvalue weighted by Crippen LogP contribution is 2.37. The Morgan fingerprint density at radius 2 is 1.97 bits per heavy atom. The maximum absolute atomic E-state index is 13.8. The summed E-state index contributed by atoms with van der Waals surface area (Å²) in [4.78, 5) is 32.1. The lowest BCUT2D eigenvalue weighted by Crippen LogP contribution is -2.40. The van der Waals surface area contributed by atoms with Crippen molar-refractivity contribution < 1.29 is 19.0 Å². The van der Waals surface area contributed by atoms with Crippen molar-refractivity contribution in [1.82, 2.24) is 4.57 Å². The topological polar surface area (TPSA) is 79.1 Å². The molecular weight excluding hydrogens is 556 g/mol. The summed E-state index contributed by atoms with van der Waals surface area (Å²) in [6.07, 6.45) is 2.37. The molecule has 0 fully saturated rings. The van der Waals surface area contributed by atoms with Gasteiger partial charge in [-0.1, -0.05) is 48.6 Å². The zero-order valence-electron chi connectivity index (χ0n) is 21.4. The highest BCUT2D eigenvalue weighted by atomic mass is 79.9. The number of carbonyl (C=O) groups is 1. The number of ether oxygens (including phenoxy) is 3. The zero-order valence-corrected chi connectivity index (χ0v) is 23.8. The van der Waals surface area contributed by atoms with Crippen molar-refractivity contribution in [1.29, 1.82) is 0 Å². The smallest absolute Gasteiger partial charge is 0.338 e. The molecule has 2 aromatic carbocycles. The standard InChI is InChI=1S/C28H29BrN2O5S/c1-6-12-35-25-20(29)13-18(14-21(25)34-5)15-22-26(32)31-24(19-10-8-7-9-11-19)23(27(33)36-16(2)3)17(4)30-28(31)37-22/h7-11,13-16,24H,6,12H2,1-5H3. The Morgan fingerprint density at radius 1 is 1.24 bits per heavy atom. The van der Waals surface area contributed by atoms with Crippen molar-refractivity contribution in [2.24, 2.45) is 4.99 Å². The quantitative estimate of drug-likeness (QED) is 0.357. The third-order valence-corrected chi connectivity index (χ3v) is 7.27. The number of hydrogen-bond acceptors (Lipinski definition) is 7. The SMILES string of the molecule is CCCOc1c(Br)cc(C=c2sc3n(c2=O)C(c2ccccc2)C(C(=O)OC(C)C)=C(C)N=3)cc1OC. The molecule has 3 aromatic rings. The van der Waals surface area contributed by atoms with Crippen LogP contribution in [0.2, 0.25) is 0 Å². The van der Waals surface area contributed by atoms with E-state index < -0.39 is 12.0 Å². The molecule has 1 aliphatic rings. The number of carbonyl (C=O) groups excluding carboxylic acids is 1. The lowest BCUT2D eigenvalue weighted by Gasteiger charge is -2.25. The van der Waals surface area contributed by atoms with E-state index in [-0.39, 0.29) is 11.7 Å². The van der Waals surface area contributed by atoms with E-state index in [1.165, 1.54) is 11.3 Å². The first-order valence-corrected chi connectivity index (χ1v) is 13.6. The molecule has 0 aliphatic carbocycles. The molecule has 0 spiro atoms. The first kappa shape index (κ1) is 26.9. The normalized spacial score (nSPS) is 15.4. The van der Waals surface area contributed by atoms with Gasteiger partial charge in [0.25, 0.3) is 5.56 Å². The molecule has 194 valence electrons. The molecule has 0 saturated heterocycles. The third kappa shape index (κ3) is 5.57. The average molecular weight is 586 g/mol. The molecule has 4 rings (SSSR count). The summed E-state index contributed by atoms with van der Waals surface area (Å²) < 4.78 is 19.7. The van der Waals surface area contributed by atoms with E-state index in [0.717, 1.165) is 22.0 Å². The Hall–Kier alpha value is -3.17. The molecule has 1 unspecified atom stereocenters. The molecule has 0 amide bonds. The number of fused-ring (bicyclic) bond motifs is 1. The predicted octanol–water partition coefficient (Wildman–Crippen LogP) is 4.75. The van der Waals surface area contributed by atoms with Crippen molar-refractivity contribution in [3.05, 3.63) is 89.0 Å². The summed E-state index contributed by atoms with van der Waals surface area (Å²) in [5.74, 6) is 0.713. The van der Waals surface area contributed by atoms with Crippen molar-refractivity contribution in [3.8, 4) is 11.5 Å². The summed E-state index contributed by atoms with van der Waals surface area (Å²) in [7, 11) is 1.58. The minimum Gasteiger partial charge on any atom is -0.493 e. The Bertz CT molecular complexity index is 1520. The van der Waals surface area contributed by atoms with E-state index >= 15 is 0 Å². The number of rotatable bonds is 8. The lowest BCUT2D eigenvalue weighted by molar-refractivity contribution is -0.143. The number of halogens is 1. The van der Waals surface area contributed by atoms with Crippen LogP contribution in [-0.4, -0.2) is 30.4 Å². The second-order valence-corrected chi connectivity index (χ2v) is 10.7. The van der Waals surface area contributed by atoms with Gasteiger partial charge in [0.1, 0.15) is 0 Å². The van der Waals surface area contributed by atoms with Gasteiger partial charge in [0, 0.05) is 0 Å². The zero-order chi connectivity index (χ0) is 26.7. The van der Waals surface area contributed by atoms with E-state index in [0.29, 0.717) is 38.7 Å². The van der Waals surface area contributed by atoms with Crippen LogP contribution in [-0.2, 0) is 9.53 Å². The van der Waals surface area contributed by atoms with Crippen LogP contribution in [0.25, 0.3) is 6.08 Å². The minimum absolute atomic E-state index is 0.235. The summed E-state index contributed by atoms with van der Waals surface area (Å²) in [5, 5.41) is 0. The van der Waals surface area contributed by atoms with Crippen LogP contribution in [0.4, 0.5) is 0 Å². The summed E-state index contributed by atoms with van der Waals surface area (Å²) in [5.41, 5.74) is 2.24. The van der Waals surface area contributed by atoms with E-state index in [4.69, 9.17) is 14.2 Å². The van der Waals surface area contributed by atoms with Crippen LogP contribution < -0.4 is 24.4 Å². The van der Waals surface area contributed by atoms with Crippen molar-refractivity contribution in [3.63, 3.8) is 0 Å². The molecular formula is C28H29BrN2O5S. The van der Waals surface area contributed by atoms with Gasteiger partial charge in [-0.25, -0.2) is 9.79 Å². The van der Waals surface area contributed by atoms with Gasteiger partial charge in [-0.15, -0.1) is 0 Å². The summed E-state index contributed by atoms with van der Waals surface area (Å²) in [6, 6.07) is 12.6. The van der Waals surface area contributed by atoms with E-state index in [1.54, 1.807) is 38.5 Å². The van der Waals surface area contributed by atoms with Crippen LogP contribution in [0, 0.1) is 0 Å².